The highest BCUT2D eigenvalue weighted by molar-refractivity contribution is 5.47. The van der Waals surface area contributed by atoms with Crippen LogP contribution in [0.1, 0.15) is 20.3 Å². The average molecular weight is 293 g/mol. The zero-order chi connectivity index (χ0) is 15.1. The molecule has 0 amide bonds. The molecular weight excluding hydrogens is 265 g/mol. The van der Waals surface area contributed by atoms with E-state index in [1.165, 1.54) is 6.42 Å². The van der Waals surface area contributed by atoms with Gasteiger partial charge in [-0.25, -0.2) is 4.39 Å². The van der Waals surface area contributed by atoms with Gasteiger partial charge in [-0.15, -0.1) is 0 Å². The first-order valence-electron chi connectivity index (χ1n) is 8.13. The van der Waals surface area contributed by atoms with Gasteiger partial charge in [-0.05, 0) is 37.6 Å². The monoisotopic (exact) mass is 293 g/mol. The Morgan fingerprint density at radius 3 is 2.57 bits per heavy atom. The highest BCUT2D eigenvalue weighted by Crippen LogP contribution is 2.20. The third-order valence-electron chi connectivity index (χ3n) is 4.05. The summed E-state index contributed by atoms with van der Waals surface area (Å²) < 4.78 is 13.8. The van der Waals surface area contributed by atoms with E-state index in [1.807, 2.05) is 12.1 Å². The van der Waals surface area contributed by atoms with Crippen molar-refractivity contribution in [2.45, 2.75) is 20.3 Å². The molecule has 2 rings (SSSR count). The van der Waals surface area contributed by atoms with Crippen molar-refractivity contribution in [3.8, 4) is 0 Å². The summed E-state index contributed by atoms with van der Waals surface area (Å²) in [7, 11) is 0. The van der Waals surface area contributed by atoms with Crippen molar-refractivity contribution in [3.05, 3.63) is 30.1 Å². The topological polar surface area (TPSA) is 18.5 Å². The minimum atomic E-state index is -0.108. The normalized spacial score (nSPS) is 18.0. The van der Waals surface area contributed by atoms with Gasteiger partial charge in [0.1, 0.15) is 5.82 Å². The summed E-state index contributed by atoms with van der Waals surface area (Å²) >= 11 is 0. The van der Waals surface area contributed by atoms with E-state index in [9.17, 15) is 4.39 Å². The molecule has 1 N–H and O–H groups in total. The molecule has 3 nitrogen and oxygen atoms in total. The Morgan fingerprint density at radius 1 is 1.19 bits per heavy atom. The van der Waals surface area contributed by atoms with Crippen LogP contribution in [0.4, 0.5) is 10.1 Å². The number of anilines is 1. The molecule has 1 aromatic carbocycles. The predicted octanol–water partition coefficient (Wildman–Crippen LogP) is 2.58. The molecule has 118 valence electrons. The van der Waals surface area contributed by atoms with Gasteiger partial charge in [0.05, 0.1) is 5.69 Å². The van der Waals surface area contributed by atoms with Crippen molar-refractivity contribution in [1.82, 2.24) is 10.2 Å². The van der Waals surface area contributed by atoms with Crippen molar-refractivity contribution < 1.29 is 4.39 Å². The van der Waals surface area contributed by atoms with E-state index < -0.39 is 0 Å². The quantitative estimate of drug-likeness (QED) is 0.780. The molecule has 0 aliphatic carbocycles. The molecule has 1 heterocycles. The first-order chi connectivity index (χ1) is 10.2. The highest BCUT2D eigenvalue weighted by Gasteiger charge is 2.20. The van der Waals surface area contributed by atoms with Gasteiger partial charge >= 0.3 is 0 Å². The lowest BCUT2D eigenvalue weighted by molar-refractivity contribution is 0.222. The molecule has 0 aromatic heterocycles. The second kappa shape index (κ2) is 8.35. The molecule has 0 spiro atoms. The number of hydrogen-bond donors (Lipinski definition) is 1. The van der Waals surface area contributed by atoms with Crippen LogP contribution in [-0.2, 0) is 0 Å². The molecule has 0 radical (unpaired) electrons. The van der Waals surface area contributed by atoms with Crippen LogP contribution in [0.25, 0.3) is 0 Å². The third-order valence-corrected chi connectivity index (χ3v) is 4.05. The molecule has 1 atom stereocenters. The van der Waals surface area contributed by atoms with Crippen molar-refractivity contribution in [2.75, 3.05) is 50.7 Å². The molecule has 0 saturated carbocycles. The van der Waals surface area contributed by atoms with Crippen LogP contribution in [0.2, 0.25) is 0 Å². The summed E-state index contributed by atoms with van der Waals surface area (Å²) in [5.41, 5.74) is 0.745. The van der Waals surface area contributed by atoms with Crippen LogP contribution in [0.3, 0.4) is 0 Å². The summed E-state index contributed by atoms with van der Waals surface area (Å²) in [6, 6.07) is 7.08. The van der Waals surface area contributed by atoms with E-state index in [0.717, 1.165) is 51.5 Å². The molecule has 1 aliphatic heterocycles. The van der Waals surface area contributed by atoms with Crippen molar-refractivity contribution in [1.29, 1.82) is 0 Å². The lowest BCUT2D eigenvalue weighted by Gasteiger charge is -2.37. The number of benzene rings is 1. The Labute approximate surface area is 128 Å². The minimum absolute atomic E-state index is 0.108. The largest absolute Gasteiger partial charge is 0.367 e. The van der Waals surface area contributed by atoms with Gasteiger partial charge in [-0.2, -0.15) is 0 Å². The summed E-state index contributed by atoms with van der Waals surface area (Å²) in [4.78, 5) is 4.65. The Balaban J connectivity index is 1.74. The number of nitrogens with zero attached hydrogens (tertiary/aromatic N) is 2. The average Bonchev–Trinajstić information content (AvgIpc) is 2.49. The Morgan fingerprint density at radius 2 is 1.90 bits per heavy atom. The lowest BCUT2D eigenvalue weighted by atomic mass is 10.1. The zero-order valence-corrected chi connectivity index (χ0v) is 13.3. The summed E-state index contributed by atoms with van der Waals surface area (Å²) in [5.74, 6) is 0.555. The maximum atomic E-state index is 13.8. The molecule has 1 aromatic rings. The van der Waals surface area contributed by atoms with Gasteiger partial charge < -0.3 is 10.2 Å². The smallest absolute Gasteiger partial charge is 0.146 e. The van der Waals surface area contributed by atoms with E-state index >= 15 is 0 Å². The van der Waals surface area contributed by atoms with E-state index in [2.05, 4.69) is 29.0 Å². The maximum Gasteiger partial charge on any atom is 0.146 e. The number of piperazine rings is 1. The van der Waals surface area contributed by atoms with Gasteiger partial charge in [0.2, 0.25) is 0 Å². The molecule has 1 aliphatic rings. The van der Waals surface area contributed by atoms with Crippen molar-refractivity contribution in [3.63, 3.8) is 0 Å². The third kappa shape index (κ3) is 4.97. The van der Waals surface area contributed by atoms with Crippen LogP contribution >= 0.6 is 0 Å². The van der Waals surface area contributed by atoms with Gasteiger partial charge in [-0.1, -0.05) is 26.0 Å². The van der Waals surface area contributed by atoms with Crippen LogP contribution in [0.15, 0.2) is 24.3 Å². The van der Waals surface area contributed by atoms with Gasteiger partial charge in [0, 0.05) is 32.7 Å². The standard InChI is InChI=1S/C17H28FN3/c1-3-8-19-13-15(2)14-20-9-11-21(12-10-20)17-7-5-4-6-16(17)18/h4-7,15,19H,3,8-14H2,1-2H3. The predicted molar refractivity (Wildman–Crippen MR) is 87.4 cm³/mol. The van der Waals surface area contributed by atoms with E-state index in [4.69, 9.17) is 0 Å². The zero-order valence-electron chi connectivity index (χ0n) is 13.3. The number of hydrogen-bond acceptors (Lipinski definition) is 3. The fourth-order valence-electron chi connectivity index (χ4n) is 2.91. The molecular formula is C17H28FN3. The van der Waals surface area contributed by atoms with Crippen LogP contribution in [0.5, 0.6) is 0 Å². The summed E-state index contributed by atoms with van der Waals surface area (Å²) in [5, 5.41) is 3.48. The van der Waals surface area contributed by atoms with E-state index in [-0.39, 0.29) is 5.82 Å². The highest BCUT2D eigenvalue weighted by atomic mass is 19.1. The second-order valence-electron chi connectivity index (χ2n) is 6.05. The number of halogens is 1. The number of nitrogens with one attached hydrogen (secondary N) is 1. The van der Waals surface area contributed by atoms with E-state index in [1.54, 1.807) is 12.1 Å². The molecule has 21 heavy (non-hydrogen) atoms. The van der Waals surface area contributed by atoms with Crippen molar-refractivity contribution >= 4 is 5.69 Å². The number of rotatable bonds is 7. The molecule has 0 bridgehead atoms. The first kappa shape index (κ1) is 16.2. The Kier molecular flexibility index (Phi) is 6.46. The summed E-state index contributed by atoms with van der Waals surface area (Å²) in [6.45, 7) is 11.7. The summed E-state index contributed by atoms with van der Waals surface area (Å²) in [6.07, 6.45) is 1.19. The van der Waals surface area contributed by atoms with Crippen LogP contribution in [-0.4, -0.2) is 50.7 Å². The Bertz CT molecular complexity index is 416. The fourth-order valence-corrected chi connectivity index (χ4v) is 2.91. The van der Waals surface area contributed by atoms with Crippen LogP contribution in [0, 0.1) is 11.7 Å². The van der Waals surface area contributed by atoms with Gasteiger partial charge in [-0.3, -0.25) is 4.90 Å². The van der Waals surface area contributed by atoms with Crippen molar-refractivity contribution in [2.24, 2.45) is 5.92 Å². The molecule has 4 heteroatoms. The van der Waals surface area contributed by atoms with E-state index in [0.29, 0.717) is 5.92 Å². The first-order valence-corrected chi connectivity index (χ1v) is 8.13. The second-order valence-corrected chi connectivity index (χ2v) is 6.05. The number of para-hydroxylation sites is 1. The SMILES string of the molecule is CCCNCC(C)CN1CCN(c2ccccc2F)CC1. The molecule has 1 fully saturated rings. The fraction of sp³-hybridized carbons (Fsp3) is 0.647. The van der Waals surface area contributed by atoms with Gasteiger partial charge in [0.15, 0.2) is 0 Å². The Hall–Kier alpha value is -1.13. The van der Waals surface area contributed by atoms with Gasteiger partial charge in [0.25, 0.3) is 0 Å². The van der Waals surface area contributed by atoms with Crippen LogP contribution < -0.4 is 10.2 Å². The molecule has 1 saturated heterocycles. The maximum absolute atomic E-state index is 13.8. The minimum Gasteiger partial charge on any atom is -0.367 e. The molecule has 1 unspecified atom stereocenters. The lowest BCUT2D eigenvalue weighted by Crippen LogP contribution is -2.48.